The Kier molecular flexibility index (Phi) is 3.64. The summed E-state index contributed by atoms with van der Waals surface area (Å²) in [5.74, 6) is 0.0675. The van der Waals surface area contributed by atoms with Gasteiger partial charge in [0.15, 0.2) is 6.10 Å². The Labute approximate surface area is 100 Å². The van der Waals surface area contributed by atoms with Gasteiger partial charge >= 0.3 is 5.97 Å². The van der Waals surface area contributed by atoms with Gasteiger partial charge in [-0.3, -0.25) is 4.89 Å². The number of aryl methyl sites for hydroxylation is 2. The molecular weight excluding hydrogens is 220 g/mol. The Hall–Kier alpha value is -1.55. The number of benzene rings is 1. The van der Waals surface area contributed by atoms with Crippen LogP contribution in [0.25, 0.3) is 0 Å². The van der Waals surface area contributed by atoms with E-state index in [0.717, 1.165) is 36.1 Å². The summed E-state index contributed by atoms with van der Waals surface area (Å²) in [7, 11) is 0. The summed E-state index contributed by atoms with van der Waals surface area (Å²) in [6.07, 6.45) is 2.57. The van der Waals surface area contributed by atoms with E-state index < -0.39 is 12.1 Å². The van der Waals surface area contributed by atoms with Crippen LogP contribution in [0.15, 0.2) is 18.2 Å². The van der Waals surface area contributed by atoms with Crippen molar-refractivity contribution in [3.05, 3.63) is 29.3 Å². The Morgan fingerprint density at radius 1 is 1.59 bits per heavy atom. The standard InChI is InChI=1S/C13H16O4/c1-2-4-9-5-3-6-10-7-8-11(13(14)17-15)16-12(9)10/h3,5-6,11,15H,2,4,7-8H2,1H3. The molecule has 92 valence electrons. The third-order valence-corrected chi connectivity index (χ3v) is 2.99. The third-order valence-electron chi connectivity index (χ3n) is 2.99. The monoisotopic (exact) mass is 236 g/mol. The van der Waals surface area contributed by atoms with Crippen molar-refractivity contribution < 1.29 is 19.7 Å². The maximum absolute atomic E-state index is 11.2. The molecule has 0 spiro atoms. The highest BCUT2D eigenvalue weighted by Gasteiger charge is 2.28. The van der Waals surface area contributed by atoms with Crippen LogP contribution in [0.4, 0.5) is 0 Å². The van der Waals surface area contributed by atoms with Crippen LogP contribution in [0.1, 0.15) is 30.9 Å². The van der Waals surface area contributed by atoms with Crippen LogP contribution in [0.2, 0.25) is 0 Å². The summed E-state index contributed by atoms with van der Waals surface area (Å²) in [5, 5.41) is 8.38. The molecule has 0 saturated heterocycles. The summed E-state index contributed by atoms with van der Waals surface area (Å²) in [6, 6.07) is 6.03. The van der Waals surface area contributed by atoms with Crippen molar-refractivity contribution in [1.29, 1.82) is 0 Å². The maximum atomic E-state index is 11.2. The zero-order valence-corrected chi connectivity index (χ0v) is 9.81. The van der Waals surface area contributed by atoms with Crippen molar-refractivity contribution in [1.82, 2.24) is 0 Å². The van der Waals surface area contributed by atoms with Gasteiger partial charge in [-0.2, -0.15) is 5.26 Å². The molecule has 1 aliphatic heterocycles. The number of carbonyl (C=O) groups excluding carboxylic acids is 1. The quantitative estimate of drug-likeness (QED) is 0.646. The van der Waals surface area contributed by atoms with Crippen LogP contribution in [-0.4, -0.2) is 17.3 Å². The Morgan fingerprint density at radius 3 is 3.12 bits per heavy atom. The van der Waals surface area contributed by atoms with Gasteiger partial charge in [0, 0.05) is 0 Å². The molecule has 1 atom stereocenters. The molecule has 1 aliphatic rings. The fraction of sp³-hybridized carbons (Fsp3) is 0.462. The Balaban J connectivity index is 2.25. The Bertz CT molecular complexity index is 414. The van der Waals surface area contributed by atoms with Crippen molar-refractivity contribution in [2.24, 2.45) is 0 Å². The first kappa shape index (κ1) is 11.9. The van der Waals surface area contributed by atoms with E-state index in [1.807, 2.05) is 18.2 Å². The lowest BCUT2D eigenvalue weighted by Gasteiger charge is -2.25. The molecule has 4 nitrogen and oxygen atoms in total. The van der Waals surface area contributed by atoms with Crippen molar-refractivity contribution in [3.63, 3.8) is 0 Å². The first-order chi connectivity index (χ1) is 8.26. The molecule has 0 radical (unpaired) electrons. The normalized spacial score (nSPS) is 18.1. The van der Waals surface area contributed by atoms with Crippen molar-refractivity contribution in [2.45, 2.75) is 38.7 Å². The summed E-state index contributed by atoms with van der Waals surface area (Å²) in [4.78, 5) is 15.0. The van der Waals surface area contributed by atoms with Crippen molar-refractivity contribution in [2.75, 3.05) is 0 Å². The fourth-order valence-electron chi connectivity index (χ4n) is 2.16. The van der Waals surface area contributed by atoms with E-state index in [-0.39, 0.29) is 0 Å². The van der Waals surface area contributed by atoms with Gasteiger partial charge in [0.2, 0.25) is 0 Å². The molecule has 1 heterocycles. The molecule has 4 heteroatoms. The topological polar surface area (TPSA) is 55.8 Å². The highest BCUT2D eigenvalue weighted by Crippen LogP contribution is 2.32. The maximum Gasteiger partial charge on any atom is 0.382 e. The predicted molar refractivity (Wildman–Crippen MR) is 61.9 cm³/mol. The van der Waals surface area contributed by atoms with E-state index >= 15 is 0 Å². The van der Waals surface area contributed by atoms with E-state index in [1.165, 1.54) is 0 Å². The minimum Gasteiger partial charge on any atom is -0.478 e. The van der Waals surface area contributed by atoms with Gasteiger partial charge in [-0.1, -0.05) is 31.5 Å². The van der Waals surface area contributed by atoms with E-state index in [9.17, 15) is 4.79 Å². The molecule has 2 rings (SSSR count). The molecule has 0 fully saturated rings. The second-order valence-electron chi connectivity index (χ2n) is 4.21. The molecule has 1 N–H and O–H groups in total. The van der Waals surface area contributed by atoms with Gasteiger partial charge in [-0.05, 0) is 30.4 Å². The highest BCUT2D eigenvalue weighted by atomic mass is 17.1. The van der Waals surface area contributed by atoms with E-state index in [2.05, 4.69) is 11.8 Å². The lowest BCUT2D eigenvalue weighted by atomic mass is 9.97. The van der Waals surface area contributed by atoms with Gasteiger partial charge in [-0.15, -0.1) is 0 Å². The molecule has 1 aromatic rings. The number of carbonyl (C=O) groups is 1. The van der Waals surface area contributed by atoms with E-state index in [1.54, 1.807) is 0 Å². The van der Waals surface area contributed by atoms with Crippen LogP contribution >= 0.6 is 0 Å². The lowest BCUT2D eigenvalue weighted by Crippen LogP contribution is -2.32. The number of hydrogen-bond acceptors (Lipinski definition) is 4. The van der Waals surface area contributed by atoms with Crippen LogP contribution in [-0.2, 0) is 22.5 Å². The average molecular weight is 236 g/mol. The molecule has 0 bridgehead atoms. The zero-order valence-electron chi connectivity index (χ0n) is 9.81. The molecule has 0 aliphatic carbocycles. The second-order valence-corrected chi connectivity index (χ2v) is 4.21. The van der Waals surface area contributed by atoms with Crippen LogP contribution in [0.3, 0.4) is 0 Å². The molecule has 1 unspecified atom stereocenters. The first-order valence-electron chi connectivity index (χ1n) is 5.89. The minimum atomic E-state index is -0.720. The highest BCUT2D eigenvalue weighted by molar-refractivity contribution is 5.75. The fourth-order valence-corrected chi connectivity index (χ4v) is 2.16. The molecule has 17 heavy (non-hydrogen) atoms. The summed E-state index contributed by atoms with van der Waals surface area (Å²) in [6.45, 7) is 2.10. The van der Waals surface area contributed by atoms with Gasteiger partial charge in [0.1, 0.15) is 5.75 Å². The van der Waals surface area contributed by atoms with Gasteiger partial charge in [-0.25, -0.2) is 4.79 Å². The zero-order chi connectivity index (χ0) is 12.3. The van der Waals surface area contributed by atoms with E-state index in [4.69, 9.17) is 9.99 Å². The van der Waals surface area contributed by atoms with Gasteiger partial charge < -0.3 is 4.74 Å². The average Bonchev–Trinajstić information content (AvgIpc) is 2.38. The van der Waals surface area contributed by atoms with Crippen LogP contribution < -0.4 is 4.74 Å². The van der Waals surface area contributed by atoms with Gasteiger partial charge in [0.25, 0.3) is 0 Å². The smallest absolute Gasteiger partial charge is 0.382 e. The molecule has 0 amide bonds. The third kappa shape index (κ3) is 2.42. The molecule has 1 aromatic carbocycles. The second kappa shape index (κ2) is 5.19. The van der Waals surface area contributed by atoms with E-state index in [0.29, 0.717) is 6.42 Å². The number of rotatable bonds is 3. The predicted octanol–water partition coefficient (Wildman–Crippen LogP) is 2.35. The van der Waals surface area contributed by atoms with Crippen molar-refractivity contribution in [3.8, 4) is 5.75 Å². The largest absolute Gasteiger partial charge is 0.478 e. The number of para-hydroxylation sites is 1. The number of fused-ring (bicyclic) bond motifs is 1. The molecule has 0 saturated carbocycles. The summed E-state index contributed by atoms with van der Waals surface area (Å²) >= 11 is 0. The van der Waals surface area contributed by atoms with Crippen molar-refractivity contribution >= 4 is 5.97 Å². The summed E-state index contributed by atoms with van der Waals surface area (Å²) < 4.78 is 5.63. The summed E-state index contributed by atoms with van der Waals surface area (Å²) in [5.41, 5.74) is 2.23. The Morgan fingerprint density at radius 2 is 2.41 bits per heavy atom. The minimum absolute atomic E-state index is 0.544. The number of ether oxygens (including phenoxy) is 1. The first-order valence-corrected chi connectivity index (χ1v) is 5.89. The van der Waals surface area contributed by atoms with Crippen LogP contribution in [0, 0.1) is 0 Å². The SMILES string of the molecule is CCCc1cccc2c1OC(C(=O)OO)CC2. The lowest BCUT2D eigenvalue weighted by molar-refractivity contribution is -0.241. The van der Waals surface area contributed by atoms with Crippen LogP contribution in [0.5, 0.6) is 5.75 Å². The molecular formula is C13H16O4. The molecule has 0 aromatic heterocycles. The number of hydrogen-bond donors (Lipinski definition) is 1. The van der Waals surface area contributed by atoms with Gasteiger partial charge in [0.05, 0.1) is 0 Å².